The summed E-state index contributed by atoms with van der Waals surface area (Å²) in [5, 5.41) is 0. The zero-order valence-corrected chi connectivity index (χ0v) is 10.3. The average Bonchev–Trinajstić information content (AvgIpc) is 2.16. The molecule has 1 nitrogen and oxygen atoms in total. The van der Waals surface area contributed by atoms with E-state index in [1.165, 1.54) is 11.1 Å². The first-order chi connectivity index (χ1) is 7.02. The van der Waals surface area contributed by atoms with Crippen LogP contribution in [0.15, 0.2) is 30.0 Å². The Kier molecular flexibility index (Phi) is 3.96. The molecular weight excluding hydrogens is 184 g/mol. The van der Waals surface area contributed by atoms with E-state index in [2.05, 4.69) is 39.0 Å². The van der Waals surface area contributed by atoms with Gasteiger partial charge in [-0.25, -0.2) is 0 Å². The van der Waals surface area contributed by atoms with Gasteiger partial charge in [-0.05, 0) is 56.0 Å². The molecule has 0 aliphatic carbocycles. The number of benzene rings is 1. The summed E-state index contributed by atoms with van der Waals surface area (Å²) in [5.41, 5.74) is 2.58. The monoisotopic (exact) mass is 204 g/mol. The Balaban J connectivity index is 2.99. The summed E-state index contributed by atoms with van der Waals surface area (Å²) in [6, 6.07) is 6.39. The van der Waals surface area contributed by atoms with E-state index >= 15 is 0 Å². The van der Waals surface area contributed by atoms with Gasteiger partial charge in [-0.15, -0.1) is 0 Å². The predicted molar refractivity (Wildman–Crippen MR) is 65.3 cm³/mol. The summed E-state index contributed by atoms with van der Waals surface area (Å²) < 4.78 is 5.70. The van der Waals surface area contributed by atoms with Crippen molar-refractivity contribution in [2.24, 2.45) is 0 Å². The summed E-state index contributed by atoms with van der Waals surface area (Å²) in [5.74, 6) is 2.42. The van der Waals surface area contributed by atoms with Crippen LogP contribution in [0.3, 0.4) is 0 Å². The predicted octanol–water partition coefficient (Wildman–Crippen LogP) is 4.42. The number of rotatable bonds is 3. The molecule has 0 heterocycles. The first-order valence-corrected chi connectivity index (χ1v) is 5.45. The molecule has 1 aromatic rings. The summed E-state index contributed by atoms with van der Waals surface area (Å²) in [6.07, 6.45) is 1.97. The fourth-order valence-corrected chi connectivity index (χ4v) is 1.41. The van der Waals surface area contributed by atoms with Crippen LogP contribution in [0.4, 0.5) is 0 Å². The largest absolute Gasteiger partial charge is 0.462 e. The molecule has 1 rings (SSSR count). The quantitative estimate of drug-likeness (QED) is 0.662. The molecule has 0 aliphatic heterocycles. The molecular formula is C14H20O. The molecule has 0 unspecified atom stereocenters. The minimum absolute atomic E-state index is 0.540. The third-order valence-electron chi connectivity index (χ3n) is 2.43. The van der Waals surface area contributed by atoms with Gasteiger partial charge in [0.1, 0.15) is 5.75 Å². The Hall–Kier alpha value is -1.24. The van der Waals surface area contributed by atoms with Gasteiger partial charge in [0.15, 0.2) is 0 Å². The molecule has 0 aromatic heterocycles. The third kappa shape index (κ3) is 3.43. The van der Waals surface area contributed by atoms with Crippen LogP contribution >= 0.6 is 0 Å². The highest BCUT2D eigenvalue weighted by molar-refractivity contribution is 5.36. The van der Waals surface area contributed by atoms with Gasteiger partial charge in [-0.3, -0.25) is 0 Å². The molecule has 0 saturated carbocycles. The van der Waals surface area contributed by atoms with Gasteiger partial charge in [0, 0.05) is 0 Å². The second kappa shape index (κ2) is 5.01. The smallest absolute Gasteiger partial charge is 0.127 e. The van der Waals surface area contributed by atoms with E-state index in [-0.39, 0.29) is 0 Å². The van der Waals surface area contributed by atoms with E-state index in [1.54, 1.807) is 0 Å². The van der Waals surface area contributed by atoms with Crippen molar-refractivity contribution in [3.63, 3.8) is 0 Å². The third-order valence-corrected chi connectivity index (χ3v) is 2.43. The minimum atomic E-state index is 0.540. The molecule has 1 heteroatoms. The normalized spacial score (nSPS) is 12.0. The highest BCUT2D eigenvalue weighted by atomic mass is 16.5. The Morgan fingerprint density at radius 1 is 1.27 bits per heavy atom. The van der Waals surface area contributed by atoms with Gasteiger partial charge >= 0.3 is 0 Å². The van der Waals surface area contributed by atoms with E-state index in [1.807, 2.05) is 19.9 Å². The first-order valence-electron chi connectivity index (χ1n) is 5.45. The van der Waals surface area contributed by atoms with Crippen LogP contribution in [0, 0.1) is 6.92 Å². The zero-order chi connectivity index (χ0) is 11.4. The van der Waals surface area contributed by atoms with E-state index in [9.17, 15) is 0 Å². The van der Waals surface area contributed by atoms with Crippen molar-refractivity contribution in [1.29, 1.82) is 0 Å². The second-order valence-electron chi connectivity index (χ2n) is 4.24. The maximum Gasteiger partial charge on any atom is 0.127 e. The summed E-state index contributed by atoms with van der Waals surface area (Å²) in [7, 11) is 0. The van der Waals surface area contributed by atoms with Gasteiger partial charge in [0.2, 0.25) is 0 Å². The van der Waals surface area contributed by atoms with Crippen LogP contribution in [-0.2, 0) is 0 Å². The van der Waals surface area contributed by atoms with Crippen molar-refractivity contribution >= 4 is 0 Å². The molecule has 15 heavy (non-hydrogen) atoms. The first kappa shape index (κ1) is 11.8. The van der Waals surface area contributed by atoms with Crippen LogP contribution in [0.2, 0.25) is 0 Å². The molecule has 0 bridgehead atoms. The van der Waals surface area contributed by atoms with Gasteiger partial charge in [0.05, 0.1) is 5.76 Å². The lowest BCUT2D eigenvalue weighted by Crippen LogP contribution is -1.94. The number of allylic oxidation sites excluding steroid dienone is 2. The van der Waals surface area contributed by atoms with Gasteiger partial charge in [0.25, 0.3) is 0 Å². The fourth-order valence-electron chi connectivity index (χ4n) is 1.41. The van der Waals surface area contributed by atoms with Gasteiger partial charge in [-0.2, -0.15) is 0 Å². The maximum atomic E-state index is 5.70. The van der Waals surface area contributed by atoms with Crippen molar-refractivity contribution in [2.45, 2.75) is 40.5 Å². The topological polar surface area (TPSA) is 9.23 Å². The second-order valence-corrected chi connectivity index (χ2v) is 4.24. The average molecular weight is 204 g/mol. The van der Waals surface area contributed by atoms with Gasteiger partial charge in [-0.1, -0.05) is 19.9 Å². The Morgan fingerprint density at radius 2 is 1.93 bits per heavy atom. The lowest BCUT2D eigenvalue weighted by atomic mass is 10.0. The highest BCUT2D eigenvalue weighted by Gasteiger charge is 2.03. The maximum absolute atomic E-state index is 5.70. The van der Waals surface area contributed by atoms with Gasteiger partial charge < -0.3 is 4.74 Å². The van der Waals surface area contributed by atoms with Crippen molar-refractivity contribution in [2.75, 3.05) is 0 Å². The lowest BCUT2D eigenvalue weighted by Gasteiger charge is -2.11. The molecule has 0 amide bonds. The minimum Gasteiger partial charge on any atom is -0.462 e. The van der Waals surface area contributed by atoms with Crippen molar-refractivity contribution < 1.29 is 4.74 Å². The molecule has 0 saturated heterocycles. The summed E-state index contributed by atoms with van der Waals surface area (Å²) >= 11 is 0. The molecule has 0 fully saturated rings. The van der Waals surface area contributed by atoms with E-state index in [0.717, 1.165) is 11.5 Å². The molecule has 82 valence electrons. The SMILES string of the molecule is CC=C(C)Oc1cc(C)cc(C(C)C)c1. The van der Waals surface area contributed by atoms with E-state index in [0.29, 0.717) is 5.92 Å². The zero-order valence-electron chi connectivity index (χ0n) is 10.3. The Labute approximate surface area is 92.8 Å². The molecule has 0 atom stereocenters. The summed E-state index contributed by atoms with van der Waals surface area (Å²) in [4.78, 5) is 0. The van der Waals surface area contributed by atoms with Crippen LogP contribution in [-0.4, -0.2) is 0 Å². The Morgan fingerprint density at radius 3 is 2.47 bits per heavy atom. The number of hydrogen-bond donors (Lipinski definition) is 0. The summed E-state index contributed by atoms with van der Waals surface area (Å²) in [6.45, 7) is 10.4. The number of ether oxygens (including phenoxy) is 1. The van der Waals surface area contributed by atoms with Crippen molar-refractivity contribution in [3.8, 4) is 5.75 Å². The van der Waals surface area contributed by atoms with Crippen LogP contribution in [0.5, 0.6) is 5.75 Å². The molecule has 0 spiro atoms. The van der Waals surface area contributed by atoms with Crippen molar-refractivity contribution in [3.05, 3.63) is 41.2 Å². The van der Waals surface area contributed by atoms with Crippen LogP contribution < -0.4 is 4.74 Å². The Bertz CT molecular complexity index is 362. The molecule has 0 radical (unpaired) electrons. The number of hydrogen-bond acceptors (Lipinski definition) is 1. The molecule has 0 aliphatic rings. The van der Waals surface area contributed by atoms with Crippen LogP contribution in [0.1, 0.15) is 44.7 Å². The molecule has 1 aromatic carbocycles. The standard InChI is InChI=1S/C14H20O/c1-6-12(5)15-14-8-11(4)7-13(9-14)10(2)3/h6-10H,1-5H3. The van der Waals surface area contributed by atoms with Crippen LogP contribution in [0.25, 0.3) is 0 Å². The van der Waals surface area contributed by atoms with E-state index < -0.39 is 0 Å². The lowest BCUT2D eigenvalue weighted by molar-refractivity contribution is 0.425. The highest BCUT2D eigenvalue weighted by Crippen LogP contribution is 2.23. The van der Waals surface area contributed by atoms with E-state index in [4.69, 9.17) is 4.74 Å². The fraction of sp³-hybridized carbons (Fsp3) is 0.429. The number of aryl methyl sites for hydroxylation is 1. The molecule has 0 N–H and O–H groups in total. The van der Waals surface area contributed by atoms with Crippen molar-refractivity contribution in [1.82, 2.24) is 0 Å².